The zero-order valence-electron chi connectivity index (χ0n) is 16.5. The number of primary amides is 1. The van der Waals surface area contributed by atoms with Crippen molar-refractivity contribution in [2.45, 2.75) is 37.5 Å². The molecule has 0 radical (unpaired) electrons. The normalized spacial score (nSPS) is 13.6. The Bertz CT molecular complexity index is 1130. The first-order chi connectivity index (χ1) is 14.9. The molecule has 31 heavy (non-hydrogen) atoms. The van der Waals surface area contributed by atoms with E-state index in [1.165, 1.54) is 23.5 Å². The Morgan fingerprint density at radius 2 is 2.16 bits per heavy atom. The van der Waals surface area contributed by atoms with Gasteiger partial charge in [0.15, 0.2) is 17.7 Å². The zero-order chi connectivity index (χ0) is 22.0. The van der Waals surface area contributed by atoms with Gasteiger partial charge in [0.25, 0.3) is 17.0 Å². The van der Waals surface area contributed by atoms with Crippen LogP contribution in [0, 0.1) is 5.82 Å². The molecule has 4 rings (SSSR count). The van der Waals surface area contributed by atoms with Crippen molar-refractivity contribution in [2.24, 2.45) is 5.73 Å². The number of rotatable bonds is 8. The van der Waals surface area contributed by atoms with Crippen molar-refractivity contribution < 1.29 is 23.1 Å². The Balaban J connectivity index is 1.34. The predicted molar refractivity (Wildman–Crippen MR) is 114 cm³/mol. The van der Waals surface area contributed by atoms with Crippen molar-refractivity contribution in [1.82, 2.24) is 10.2 Å². The maximum Gasteiger partial charge on any atom is 0.277 e. The molecule has 0 spiro atoms. The highest BCUT2D eigenvalue weighted by Crippen LogP contribution is 2.39. The molecule has 0 bridgehead atoms. The summed E-state index contributed by atoms with van der Waals surface area (Å²) in [5, 5.41) is 11.2. The molecule has 1 aromatic carbocycles. The summed E-state index contributed by atoms with van der Waals surface area (Å²) in [5.74, 6) is -1.09. The molecule has 0 unspecified atom stereocenters. The third-order valence-corrected chi connectivity index (χ3v) is 6.68. The second-order valence-corrected chi connectivity index (χ2v) is 8.89. The van der Waals surface area contributed by atoms with Crippen LogP contribution < -0.4 is 15.8 Å². The van der Waals surface area contributed by atoms with E-state index in [0.29, 0.717) is 10.6 Å². The number of nitrogens with zero attached hydrogens (tertiary/aromatic N) is 2. The number of halogens is 1. The van der Waals surface area contributed by atoms with Crippen LogP contribution in [0.5, 0.6) is 5.75 Å². The third kappa shape index (κ3) is 4.72. The van der Waals surface area contributed by atoms with E-state index in [1.807, 2.05) is 0 Å². The lowest BCUT2D eigenvalue weighted by Gasteiger charge is -2.11. The zero-order valence-corrected chi connectivity index (χ0v) is 18.1. The molecule has 3 N–H and O–H groups in total. The fourth-order valence-electron chi connectivity index (χ4n) is 3.27. The van der Waals surface area contributed by atoms with Gasteiger partial charge < -0.3 is 20.2 Å². The summed E-state index contributed by atoms with van der Waals surface area (Å²) >= 11 is 2.44. The van der Waals surface area contributed by atoms with Crippen LogP contribution in [0.3, 0.4) is 0 Å². The lowest BCUT2D eigenvalue weighted by molar-refractivity contribution is -0.113. The first-order valence-electron chi connectivity index (χ1n) is 9.54. The van der Waals surface area contributed by atoms with Crippen molar-refractivity contribution in [3.63, 3.8) is 0 Å². The number of nitrogens with one attached hydrogen (secondary N) is 1. The Kier molecular flexibility index (Phi) is 6.23. The molecule has 3 aromatic rings. The number of nitrogens with two attached hydrogens (primary N) is 1. The van der Waals surface area contributed by atoms with Gasteiger partial charge in [-0.05, 0) is 43.9 Å². The molecule has 2 aromatic heterocycles. The summed E-state index contributed by atoms with van der Waals surface area (Å²) in [6.07, 6.45) is 2.01. The van der Waals surface area contributed by atoms with E-state index in [2.05, 4.69) is 15.5 Å². The standard InChI is InChI=1S/C20H19FN4O4S2/c1-10(28-13-7-3-2-6-12(13)21)18-24-25-20(29-18)30-9-15(26)23-19-16(17(22)27)11-5-4-8-14(11)31-19/h2-3,6-7,10H,4-5,8-9H2,1H3,(H2,22,27)(H,23,26)/t10-/m0/s1. The minimum atomic E-state index is -0.667. The lowest BCUT2D eigenvalue weighted by atomic mass is 10.1. The highest BCUT2D eigenvalue weighted by atomic mass is 32.2. The van der Waals surface area contributed by atoms with Crippen LogP contribution in [0.15, 0.2) is 33.9 Å². The lowest BCUT2D eigenvalue weighted by Crippen LogP contribution is -2.18. The number of amides is 2. The second-order valence-electron chi connectivity index (χ2n) is 6.86. The van der Waals surface area contributed by atoms with Gasteiger partial charge in [-0.25, -0.2) is 4.39 Å². The van der Waals surface area contributed by atoms with Gasteiger partial charge in [-0.15, -0.1) is 21.5 Å². The van der Waals surface area contributed by atoms with E-state index in [9.17, 15) is 14.0 Å². The number of carbonyl (C=O) groups is 2. The van der Waals surface area contributed by atoms with Gasteiger partial charge in [0, 0.05) is 4.88 Å². The highest BCUT2D eigenvalue weighted by molar-refractivity contribution is 7.99. The Labute approximate surface area is 185 Å². The maximum atomic E-state index is 13.7. The van der Waals surface area contributed by atoms with Crippen LogP contribution in [0.1, 0.15) is 46.1 Å². The molecule has 1 atom stereocenters. The molecule has 2 amide bonds. The highest BCUT2D eigenvalue weighted by Gasteiger charge is 2.26. The van der Waals surface area contributed by atoms with Crippen LogP contribution in [0.4, 0.5) is 9.39 Å². The van der Waals surface area contributed by atoms with E-state index in [-0.39, 0.29) is 28.5 Å². The molecule has 1 aliphatic rings. The molecular formula is C20H19FN4O4S2. The maximum absolute atomic E-state index is 13.7. The van der Waals surface area contributed by atoms with Crippen molar-refractivity contribution in [3.8, 4) is 5.75 Å². The van der Waals surface area contributed by atoms with Crippen LogP contribution in [-0.4, -0.2) is 27.8 Å². The number of thioether (sulfide) groups is 1. The van der Waals surface area contributed by atoms with Gasteiger partial charge in [0.1, 0.15) is 5.00 Å². The summed E-state index contributed by atoms with van der Waals surface area (Å²) in [5.41, 5.74) is 6.87. The molecule has 0 saturated carbocycles. The first kappa shape index (κ1) is 21.3. The molecule has 0 saturated heterocycles. The molecule has 8 nitrogen and oxygen atoms in total. The van der Waals surface area contributed by atoms with Crippen molar-refractivity contribution in [2.75, 3.05) is 11.1 Å². The van der Waals surface area contributed by atoms with Gasteiger partial charge in [0.2, 0.25) is 5.91 Å². The Morgan fingerprint density at radius 3 is 2.94 bits per heavy atom. The number of carbonyl (C=O) groups excluding carboxylic acids is 2. The van der Waals surface area contributed by atoms with Crippen molar-refractivity contribution in [3.05, 3.63) is 52.0 Å². The van der Waals surface area contributed by atoms with Crippen molar-refractivity contribution in [1.29, 1.82) is 0 Å². The molecule has 2 heterocycles. The van der Waals surface area contributed by atoms with Gasteiger partial charge in [-0.1, -0.05) is 23.9 Å². The van der Waals surface area contributed by atoms with E-state index < -0.39 is 17.8 Å². The largest absolute Gasteiger partial charge is 0.478 e. The van der Waals surface area contributed by atoms with Gasteiger partial charge in [-0.3, -0.25) is 9.59 Å². The summed E-state index contributed by atoms with van der Waals surface area (Å²) < 4.78 is 24.7. The fourth-order valence-corrected chi connectivity index (χ4v) is 5.15. The minimum absolute atomic E-state index is 0.00491. The van der Waals surface area contributed by atoms with Crippen LogP contribution in [-0.2, 0) is 17.6 Å². The van der Waals surface area contributed by atoms with Gasteiger partial charge >= 0.3 is 0 Å². The third-order valence-electron chi connectivity index (χ3n) is 4.66. The van der Waals surface area contributed by atoms with Crippen molar-refractivity contribution >= 4 is 39.9 Å². The number of hydrogen-bond donors (Lipinski definition) is 2. The quantitative estimate of drug-likeness (QED) is 0.489. The number of thiophene rings is 1. The SMILES string of the molecule is C[C@H](Oc1ccccc1F)c1nnc(SCC(=O)Nc2sc3c(c2C(N)=O)CCC3)o1. The molecule has 11 heteroatoms. The van der Waals surface area contributed by atoms with Crippen LogP contribution in [0.25, 0.3) is 0 Å². The summed E-state index contributed by atoms with van der Waals surface area (Å²) in [4.78, 5) is 25.3. The number of anilines is 1. The van der Waals surface area contributed by atoms with Crippen LogP contribution >= 0.6 is 23.1 Å². The molecule has 162 valence electrons. The predicted octanol–water partition coefficient (Wildman–Crippen LogP) is 3.73. The number of aryl methyl sites for hydroxylation is 1. The molecule has 0 aliphatic heterocycles. The van der Waals surface area contributed by atoms with E-state index in [4.69, 9.17) is 14.9 Å². The number of hydrogen-bond acceptors (Lipinski definition) is 8. The number of fused-ring (bicyclic) bond motifs is 1. The number of para-hydroxylation sites is 1. The summed E-state index contributed by atoms with van der Waals surface area (Å²) in [7, 11) is 0. The molecular weight excluding hydrogens is 443 g/mol. The minimum Gasteiger partial charge on any atom is -0.478 e. The van der Waals surface area contributed by atoms with E-state index in [1.54, 1.807) is 19.1 Å². The van der Waals surface area contributed by atoms with Gasteiger partial charge in [-0.2, -0.15) is 0 Å². The topological polar surface area (TPSA) is 120 Å². The van der Waals surface area contributed by atoms with Crippen LogP contribution in [0.2, 0.25) is 0 Å². The molecule has 0 fully saturated rings. The number of ether oxygens (including phenoxy) is 1. The monoisotopic (exact) mass is 462 g/mol. The smallest absolute Gasteiger partial charge is 0.277 e. The van der Waals surface area contributed by atoms with Gasteiger partial charge in [0.05, 0.1) is 11.3 Å². The second kappa shape index (κ2) is 9.06. The van der Waals surface area contributed by atoms with E-state index in [0.717, 1.165) is 41.5 Å². The first-order valence-corrected chi connectivity index (χ1v) is 11.3. The fraction of sp³-hybridized carbons (Fsp3) is 0.300. The number of benzene rings is 1. The summed E-state index contributed by atoms with van der Waals surface area (Å²) in [6, 6.07) is 6.02. The molecule has 1 aliphatic carbocycles. The summed E-state index contributed by atoms with van der Waals surface area (Å²) in [6.45, 7) is 1.66. The average Bonchev–Trinajstić information content (AvgIpc) is 3.43. The Hall–Kier alpha value is -2.92. The Morgan fingerprint density at radius 1 is 1.35 bits per heavy atom. The van der Waals surface area contributed by atoms with E-state index >= 15 is 0 Å². The number of aromatic nitrogens is 2. The average molecular weight is 463 g/mol.